The Balaban J connectivity index is 1.63. The topological polar surface area (TPSA) is 30.3 Å². The molecule has 0 amide bonds. The normalized spacial score (nSPS) is 24.7. The smallest absolute Gasteiger partial charge is 0.128 e. The van der Waals surface area contributed by atoms with Crippen molar-refractivity contribution in [3.8, 4) is 0 Å². The van der Waals surface area contributed by atoms with Gasteiger partial charge in [0.2, 0.25) is 0 Å². The number of hydrogen-bond donors (Lipinski definition) is 1. The van der Waals surface area contributed by atoms with Crippen molar-refractivity contribution in [2.24, 2.45) is 0 Å². The molecule has 0 aliphatic carbocycles. The molecule has 3 rings (SSSR count). The summed E-state index contributed by atoms with van der Waals surface area (Å²) in [4.78, 5) is 4.84. The third-order valence-corrected chi connectivity index (χ3v) is 4.18. The highest BCUT2D eigenvalue weighted by Crippen LogP contribution is 2.21. The van der Waals surface area contributed by atoms with Gasteiger partial charge in [0.15, 0.2) is 0 Å². The molecule has 2 heterocycles. The average Bonchev–Trinajstić information content (AvgIpc) is 3.09. The largest absolute Gasteiger partial charge is 0.355 e. The Labute approximate surface area is 109 Å². The number of rotatable bonds is 2. The Hall–Kier alpha value is -1.35. The molecule has 2 aliphatic rings. The number of amidine groups is 1. The molecule has 1 N–H and O–H groups in total. The molecule has 1 aromatic carbocycles. The van der Waals surface area contributed by atoms with Gasteiger partial charge in [0.1, 0.15) is 5.84 Å². The van der Waals surface area contributed by atoms with Gasteiger partial charge >= 0.3 is 0 Å². The van der Waals surface area contributed by atoms with Gasteiger partial charge in [-0.25, -0.2) is 0 Å². The molecule has 0 bridgehead atoms. The molecule has 0 spiro atoms. The first kappa shape index (κ1) is 11.7. The summed E-state index contributed by atoms with van der Waals surface area (Å²) in [5, 5.41) is 8.30. The zero-order valence-corrected chi connectivity index (χ0v) is 10.8. The van der Waals surface area contributed by atoms with Gasteiger partial charge in [-0.2, -0.15) is 0 Å². The van der Waals surface area contributed by atoms with E-state index in [4.69, 9.17) is 5.41 Å². The predicted octanol–water partition coefficient (Wildman–Crippen LogP) is 2.18. The fourth-order valence-electron chi connectivity index (χ4n) is 3.13. The van der Waals surface area contributed by atoms with Crippen molar-refractivity contribution < 1.29 is 0 Å². The van der Waals surface area contributed by atoms with E-state index in [2.05, 4.69) is 9.80 Å². The number of hydrogen-bond acceptors (Lipinski definition) is 2. The average molecular weight is 243 g/mol. The Morgan fingerprint density at radius 3 is 2.50 bits per heavy atom. The molecule has 1 unspecified atom stereocenters. The van der Waals surface area contributed by atoms with Crippen molar-refractivity contribution in [1.29, 1.82) is 5.41 Å². The van der Waals surface area contributed by atoms with Gasteiger partial charge in [-0.15, -0.1) is 0 Å². The van der Waals surface area contributed by atoms with Gasteiger partial charge in [0, 0.05) is 24.7 Å². The summed E-state index contributed by atoms with van der Waals surface area (Å²) < 4.78 is 0. The van der Waals surface area contributed by atoms with Crippen LogP contribution in [0, 0.1) is 5.41 Å². The summed E-state index contributed by atoms with van der Waals surface area (Å²) in [5.74, 6) is 0.692. The lowest BCUT2D eigenvalue weighted by Gasteiger charge is -2.24. The van der Waals surface area contributed by atoms with Gasteiger partial charge in [0.05, 0.1) is 0 Å². The summed E-state index contributed by atoms with van der Waals surface area (Å²) in [7, 11) is 0. The predicted molar refractivity (Wildman–Crippen MR) is 74.1 cm³/mol. The van der Waals surface area contributed by atoms with Crippen molar-refractivity contribution >= 4 is 5.84 Å². The van der Waals surface area contributed by atoms with Crippen LogP contribution in [-0.4, -0.2) is 47.9 Å². The molecule has 1 aromatic rings. The Bertz CT molecular complexity index is 409. The van der Waals surface area contributed by atoms with E-state index in [1.165, 1.54) is 32.4 Å². The number of nitrogens with zero attached hydrogens (tertiary/aromatic N) is 2. The highest BCUT2D eigenvalue weighted by molar-refractivity contribution is 5.96. The monoisotopic (exact) mass is 243 g/mol. The fraction of sp³-hybridized carbons (Fsp3) is 0.533. The zero-order chi connectivity index (χ0) is 12.4. The highest BCUT2D eigenvalue weighted by Gasteiger charge is 2.30. The highest BCUT2D eigenvalue weighted by atomic mass is 15.3. The van der Waals surface area contributed by atoms with Crippen molar-refractivity contribution in [2.45, 2.75) is 25.3 Å². The Morgan fingerprint density at radius 2 is 1.78 bits per heavy atom. The summed E-state index contributed by atoms with van der Waals surface area (Å²) in [6.45, 7) is 4.59. The molecule has 0 radical (unpaired) electrons. The van der Waals surface area contributed by atoms with Crippen molar-refractivity contribution in [1.82, 2.24) is 9.80 Å². The van der Waals surface area contributed by atoms with Gasteiger partial charge in [-0.3, -0.25) is 10.3 Å². The second kappa shape index (κ2) is 5.11. The molecule has 0 aromatic heterocycles. The van der Waals surface area contributed by atoms with E-state index >= 15 is 0 Å². The van der Waals surface area contributed by atoms with Crippen LogP contribution in [0.3, 0.4) is 0 Å². The van der Waals surface area contributed by atoms with E-state index in [1.807, 2.05) is 30.3 Å². The first-order chi connectivity index (χ1) is 8.84. The lowest BCUT2D eigenvalue weighted by atomic mass is 10.2. The minimum atomic E-state index is 0.677. The quantitative estimate of drug-likeness (QED) is 0.637. The van der Waals surface area contributed by atoms with Crippen LogP contribution in [0.15, 0.2) is 30.3 Å². The van der Waals surface area contributed by atoms with Crippen LogP contribution < -0.4 is 0 Å². The van der Waals surface area contributed by atoms with Gasteiger partial charge in [0.25, 0.3) is 0 Å². The summed E-state index contributed by atoms with van der Waals surface area (Å²) in [6, 6.07) is 10.8. The standard InChI is InChI=1S/C15H21N3/c16-15(13-6-2-1-3-7-13)18-11-8-14(12-18)17-9-4-5-10-17/h1-3,6-7,14,16H,4-5,8-12H2. The maximum absolute atomic E-state index is 8.30. The van der Waals surface area contributed by atoms with Crippen LogP contribution in [0.5, 0.6) is 0 Å². The Morgan fingerprint density at radius 1 is 1.06 bits per heavy atom. The fourth-order valence-corrected chi connectivity index (χ4v) is 3.13. The van der Waals surface area contributed by atoms with E-state index in [1.54, 1.807) is 0 Å². The molecule has 18 heavy (non-hydrogen) atoms. The third kappa shape index (κ3) is 2.27. The molecule has 96 valence electrons. The van der Waals surface area contributed by atoms with Crippen LogP contribution in [-0.2, 0) is 0 Å². The van der Waals surface area contributed by atoms with Crippen molar-refractivity contribution in [2.75, 3.05) is 26.2 Å². The molecule has 0 saturated carbocycles. The van der Waals surface area contributed by atoms with E-state index in [9.17, 15) is 0 Å². The molecule has 1 atom stereocenters. The van der Waals surface area contributed by atoms with Crippen molar-refractivity contribution in [3.05, 3.63) is 35.9 Å². The van der Waals surface area contributed by atoms with E-state index < -0.39 is 0 Å². The van der Waals surface area contributed by atoms with Crippen LogP contribution in [0.25, 0.3) is 0 Å². The second-order valence-corrected chi connectivity index (χ2v) is 5.35. The molecular weight excluding hydrogens is 222 g/mol. The molecular formula is C15H21N3. The lowest BCUT2D eigenvalue weighted by Crippen LogP contribution is -2.37. The van der Waals surface area contributed by atoms with Gasteiger partial charge < -0.3 is 4.90 Å². The lowest BCUT2D eigenvalue weighted by molar-refractivity contribution is 0.250. The maximum atomic E-state index is 8.30. The van der Waals surface area contributed by atoms with Gasteiger partial charge in [-0.05, 0) is 32.4 Å². The van der Waals surface area contributed by atoms with E-state index in [-0.39, 0.29) is 0 Å². The van der Waals surface area contributed by atoms with Crippen LogP contribution in [0.4, 0.5) is 0 Å². The molecule has 3 nitrogen and oxygen atoms in total. The first-order valence-corrected chi connectivity index (χ1v) is 6.97. The molecule has 2 saturated heterocycles. The second-order valence-electron chi connectivity index (χ2n) is 5.35. The van der Waals surface area contributed by atoms with Crippen LogP contribution in [0.1, 0.15) is 24.8 Å². The minimum absolute atomic E-state index is 0.677. The third-order valence-electron chi connectivity index (χ3n) is 4.18. The summed E-state index contributed by atoms with van der Waals surface area (Å²) >= 11 is 0. The first-order valence-electron chi connectivity index (χ1n) is 6.97. The van der Waals surface area contributed by atoms with Crippen molar-refractivity contribution in [3.63, 3.8) is 0 Å². The summed E-state index contributed by atoms with van der Waals surface area (Å²) in [5.41, 5.74) is 1.04. The van der Waals surface area contributed by atoms with Gasteiger partial charge in [-0.1, -0.05) is 30.3 Å². The number of benzene rings is 1. The van der Waals surface area contributed by atoms with E-state index in [0.717, 1.165) is 18.7 Å². The van der Waals surface area contributed by atoms with Crippen LogP contribution in [0.2, 0.25) is 0 Å². The molecule has 2 fully saturated rings. The molecule has 2 aliphatic heterocycles. The number of likely N-dealkylation sites (tertiary alicyclic amines) is 2. The SMILES string of the molecule is N=C(c1ccccc1)N1CCC(N2CCCC2)C1. The van der Waals surface area contributed by atoms with E-state index in [0.29, 0.717) is 11.9 Å². The molecule has 3 heteroatoms. The maximum Gasteiger partial charge on any atom is 0.128 e. The zero-order valence-electron chi connectivity index (χ0n) is 10.8. The number of nitrogens with one attached hydrogen (secondary N) is 1. The van der Waals surface area contributed by atoms with Crippen LogP contribution >= 0.6 is 0 Å². The Kier molecular flexibility index (Phi) is 3.33. The minimum Gasteiger partial charge on any atom is -0.355 e. The summed E-state index contributed by atoms with van der Waals surface area (Å²) in [6.07, 6.45) is 3.93.